The molecule has 1 aromatic heterocycles. The molecular weight excluding hydrogens is 440 g/mol. The molecule has 35 heavy (non-hydrogen) atoms. The molecule has 0 bridgehead atoms. The molecule has 6 nitrogen and oxygen atoms in total. The second kappa shape index (κ2) is 9.98. The number of fused-ring (bicyclic) bond motifs is 1. The van der Waals surface area contributed by atoms with Crippen molar-refractivity contribution in [1.29, 1.82) is 0 Å². The van der Waals surface area contributed by atoms with Crippen LogP contribution in [-0.4, -0.2) is 39.4 Å². The van der Waals surface area contributed by atoms with Crippen LogP contribution in [0.15, 0.2) is 54.2 Å². The number of hydrogen-bond acceptors (Lipinski definition) is 4. The summed E-state index contributed by atoms with van der Waals surface area (Å²) in [6.07, 6.45) is 3.62. The first-order chi connectivity index (χ1) is 16.7. The van der Waals surface area contributed by atoms with E-state index in [9.17, 15) is 14.7 Å². The highest BCUT2D eigenvalue weighted by Gasteiger charge is 2.46. The molecule has 1 aliphatic rings. The van der Waals surface area contributed by atoms with Crippen LogP contribution < -0.4 is 4.74 Å². The smallest absolute Gasteiger partial charge is 0.295 e. The monoisotopic (exact) mass is 474 g/mol. The summed E-state index contributed by atoms with van der Waals surface area (Å²) in [6, 6.07) is 12.6. The van der Waals surface area contributed by atoms with Crippen molar-refractivity contribution in [3.8, 4) is 5.75 Å². The Labute approximate surface area is 206 Å². The van der Waals surface area contributed by atoms with Gasteiger partial charge in [0.15, 0.2) is 0 Å². The minimum absolute atomic E-state index is 0.137. The lowest BCUT2D eigenvalue weighted by Gasteiger charge is -2.24. The Morgan fingerprint density at radius 1 is 1.14 bits per heavy atom. The summed E-state index contributed by atoms with van der Waals surface area (Å²) in [5.41, 5.74) is 3.34. The third-order valence-electron chi connectivity index (χ3n) is 6.54. The number of amides is 1. The largest absolute Gasteiger partial charge is 0.507 e. The summed E-state index contributed by atoms with van der Waals surface area (Å²) in [6.45, 7) is 9.17. The number of likely N-dealkylation sites (tertiary alicyclic amines) is 1. The molecule has 1 aliphatic heterocycles. The molecule has 184 valence electrons. The van der Waals surface area contributed by atoms with Crippen molar-refractivity contribution in [3.63, 3.8) is 0 Å². The number of aryl methyl sites for hydroxylation is 2. The number of unbranched alkanes of at least 4 members (excludes halogenated alkanes) is 1. The average Bonchev–Trinajstić information content (AvgIpc) is 3.29. The lowest BCUT2D eigenvalue weighted by atomic mass is 9.94. The number of nitrogens with zero attached hydrogens (tertiary/aromatic N) is 2. The number of Topliss-reactive ketones (excluding diaryl/α,β-unsaturated/α-hetero) is 1. The van der Waals surface area contributed by atoms with Gasteiger partial charge in [0.25, 0.3) is 11.7 Å². The molecule has 1 amide bonds. The second-order valence-electron chi connectivity index (χ2n) is 9.74. The highest BCUT2D eigenvalue weighted by Crippen LogP contribution is 2.42. The van der Waals surface area contributed by atoms with Gasteiger partial charge < -0.3 is 19.3 Å². The van der Waals surface area contributed by atoms with Gasteiger partial charge in [-0.2, -0.15) is 0 Å². The van der Waals surface area contributed by atoms with Crippen molar-refractivity contribution in [1.82, 2.24) is 9.47 Å². The number of carbonyl (C=O) groups excluding carboxylic acids is 2. The van der Waals surface area contributed by atoms with Gasteiger partial charge in [0.2, 0.25) is 0 Å². The molecule has 1 atom stereocenters. The molecule has 6 heteroatoms. The maximum absolute atomic E-state index is 13.3. The van der Waals surface area contributed by atoms with E-state index in [0.29, 0.717) is 24.6 Å². The predicted octanol–water partition coefficient (Wildman–Crippen LogP) is 5.74. The van der Waals surface area contributed by atoms with E-state index in [1.165, 1.54) is 0 Å². The van der Waals surface area contributed by atoms with Gasteiger partial charge in [-0.15, -0.1) is 0 Å². The fourth-order valence-corrected chi connectivity index (χ4v) is 4.72. The van der Waals surface area contributed by atoms with Crippen LogP contribution in [0.25, 0.3) is 16.7 Å². The first kappa shape index (κ1) is 24.6. The summed E-state index contributed by atoms with van der Waals surface area (Å²) in [4.78, 5) is 28.1. The van der Waals surface area contributed by atoms with Crippen LogP contribution in [0.2, 0.25) is 0 Å². The Bertz CT molecular complexity index is 1300. The van der Waals surface area contributed by atoms with Crippen molar-refractivity contribution >= 4 is 28.4 Å². The van der Waals surface area contributed by atoms with Crippen molar-refractivity contribution in [2.75, 3.05) is 13.2 Å². The maximum Gasteiger partial charge on any atom is 0.295 e. The van der Waals surface area contributed by atoms with Crippen LogP contribution in [0.5, 0.6) is 5.75 Å². The van der Waals surface area contributed by atoms with Crippen molar-refractivity contribution < 1.29 is 19.4 Å². The Morgan fingerprint density at radius 3 is 2.57 bits per heavy atom. The van der Waals surface area contributed by atoms with E-state index in [-0.39, 0.29) is 11.3 Å². The molecule has 0 saturated carbocycles. The standard InChI is InChI=1S/C29H34N2O4/c1-6-7-14-31-26(22-16-30(5)23-11-9-8-10-21(22)23)25(28(33)29(31)34)27(32)20-12-13-24(19(4)15-20)35-17-18(2)3/h8-13,15-16,18,26,32H,6-7,14,17H2,1-5H3/b27-25+. The van der Waals surface area contributed by atoms with E-state index < -0.39 is 17.7 Å². The second-order valence-corrected chi connectivity index (χ2v) is 9.74. The molecule has 0 aliphatic carbocycles. The van der Waals surface area contributed by atoms with E-state index in [1.807, 2.05) is 61.1 Å². The molecule has 1 unspecified atom stereocenters. The zero-order valence-corrected chi connectivity index (χ0v) is 21.2. The minimum atomic E-state index is -0.648. The van der Waals surface area contributed by atoms with Gasteiger partial charge in [0.1, 0.15) is 11.5 Å². The normalized spacial score (nSPS) is 17.7. The molecule has 1 N–H and O–H groups in total. The first-order valence-electron chi connectivity index (χ1n) is 12.3. The van der Waals surface area contributed by atoms with Crippen molar-refractivity contribution in [2.45, 2.75) is 46.6 Å². The molecule has 4 rings (SSSR count). The van der Waals surface area contributed by atoms with E-state index in [4.69, 9.17) is 4.74 Å². The summed E-state index contributed by atoms with van der Waals surface area (Å²) in [5.74, 6) is -0.230. The van der Waals surface area contributed by atoms with Crippen LogP contribution in [0.3, 0.4) is 0 Å². The van der Waals surface area contributed by atoms with Crippen LogP contribution >= 0.6 is 0 Å². The number of ether oxygens (including phenoxy) is 1. The van der Waals surface area contributed by atoms with Crippen molar-refractivity contribution in [3.05, 3.63) is 70.9 Å². The van der Waals surface area contributed by atoms with Gasteiger partial charge in [-0.05, 0) is 49.1 Å². The van der Waals surface area contributed by atoms with Crippen LogP contribution in [0.1, 0.15) is 56.3 Å². The third kappa shape index (κ3) is 4.57. The number of rotatable bonds is 8. The summed E-state index contributed by atoms with van der Waals surface area (Å²) < 4.78 is 7.87. The average molecular weight is 475 g/mol. The van der Waals surface area contributed by atoms with E-state index in [0.717, 1.165) is 40.6 Å². The zero-order chi connectivity index (χ0) is 25.3. The fourth-order valence-electron chi connectivity index (χ4n) is 4.72. The molecule has 2 aromatic carbocycles. The highest BCUT2D eigenvalue weighted by atomic mass is 16.5. The van der Waals surface area contributed by atoms with Gasteiger partial charge in [-0.25, -0.2) is 0 Å². The summed E-state index contributed by atoms with van der Waals surface area (Å²) >= 11 is 0. The maximum atomic E-state index is 13.3. The van der Waals surface area contributed by atoms with Crippen molar-refractivity contribution in [2.24, 2.45) is 13.0 Å². The molecule has 0 radical (unpaired) electrons. The zero-order valence-electron chi connectivity index (χ0n) is 21.2. The Kier molecular flexibility index (Phi) is 7.01. The van der Waals surface area contributed by atoms with E-state index >= 15 is 0 Å². The molecule has 2 heterocycles. The van der Waals surface area contributed by atoms with Gasteiger partial charge in [-0.1, -0.05) is 45.4 Å². The summed E-state index contributed by atoms with van der Waals surface area (Å²) in [7, 11) is 1.95. The molecule has 1 fully saturated rings. The van der Waals surface area contributed by atoms with E-state index in [1.54, 1.807) is 11.0 Å². The number of aromatic nitrogens is 1. The van der Waals surface area contributed by atoms with Gasteiger partial charge in [0, 0.05) is 41.8 Å². The fraction of sp³-hybridized carbons (Fsp3) is 0.379. The first-order valence-corrected chi connectivity index (χ1v) is 12.3. The quantitative estimate of drug-likeness (QED) is 0.257. The minimum Gasteiger partial charge on any atom is -0.507 e. The van der Waals surface area contributed by atoms with Crippen LogP contribution in [0, 0.1) is 12.8 Å². The predicted molar refractivity (Wildman–Crippen MR) is 138 cm³/mol. The molecule has 1 saturated heterocycles. The number of para-hydroxylation sites is 1. The number of aliphatic hydroxyl groups is 1. The molecular formula is C29H34N2O4. The molecule has 0 spiro atoms. The number of aliphatic hydroxyl groups excluding tert-OH is 1. The number of ketones is 1. The SMILES string of the molecule is CCCCN1C(=O)C(=O)/C(=C(/O)c2ccc(OCC(C)C)c(C)c2)C1c1cn(C)c2ccccc12. The van der Waals surface area contributed by atoms with Crippen LogP contribution in [-0.2, 0) is 16.6 Å². The number of benzene rings is 2. The Morgan fingerprint density at radius 2 is 1.89 bits per heavy atom. The van der Waals surface area contributed by atoms with Gasteiger partial charge >= 0.3 is 0 Å². The molecule has 3 aromatic rings. The van der Waals surface area contributed by atoms with E-state index in [2.05, 4.69) is 20.8 Å². The highest BCUT2D eigenvalue weighted by molar-refractivity contribution is 6.46. The lowest BCUT2D eigenvalue weighted by molar-refractivity contribution is -0.139. The number of hydrogen-bond donors (Lipinski definition) is 1. The van der Waals surface area contributed by atoms with Gasteiger partial charge in [0.05, 0.1) is 18.2 Å². The van der Waals surface area contributed by atoms with Gasteiger partial charge in [-0.3, -0.25) is 9.59 Å². The topological polar surface area (TPSA) is 71.8 Å². The third-order valence-corrected chi connectivity index (χ3v) is 6.54. The number of carbonyl (C=O) groups is 2. The Balaban J connectivity index is 1.85. The Hall–Kier alpha value is -3.54. The lowest BCUT2D eigenvalue weighted by Crippen LogP contribution is -2.30. The summed E-state index contributed by atoms with van der Waals surface area (Å²) in [5, 5.41) is 12.4. The van der Waals surface area contributed by atoms with Crippen LogP contribution in [0.4, 0.5) is 0 Å².